The smallest absolute Gasteiger partial charge is 0.190 e. The van der Waals surface area contributed by atoms with Gasteiger partial charge < -0.3 is 4.57 Å². The molecular weight excluding hydrogens is 348 g/mol. The molecule has 0 atom stereocenters. The third-order valence-electron chi connectivity index (χ3n) is 4.63. The Balaban J connectivity index is 1.89. The SMILES string of the molecule is Cc1ccc(C)c(-c2csc(=Nc3ccccc3)n2Cc2ccccc2)c1. The van der Waals surface area contributed by atoms with E-state index in [4.69, 9.17) is 4.99 Å². The van der Waals surface area contributed by atoms with Crippen LogP contribution in [0.2, 0.25) is 0 Å². The minimum Gasteiger partial charge on any atom is -0.312 e. The van der Waals surface area contributed by atoms with E-state index in [0.717, 1.165) is 17.0 Å². The number of para-hydroxylation sites is 1. The Morgan fingerprint density at radius 1 is 0.852 bits per heavy atom. The van der Waals surface area contributed by atoms with Gasteiger partial charge in [0.15, 0.2) is 4.80 Å². The number of hydrogen-bond donors (Lipinski definition) is 0. The van der Waals surface area contributed by atoms with Crippen LogP contribution in [0.5, 0.6) is 0 Å². The summed E-state index contributed by atoms with van der Waals surface area (Å²) in [7, 11) is 0. The highest BCUT2D eigenvalue weighted by Crippen LogP contribution is 2.26. The largest absolute Gasteiger partial charge is 0.312 e. The Bertz CT molecular complexity index is 1110. The van der Waals surface area contributed by atoms with E-state index < -0.39 is 0 Å². The Hall–Kier alpha value is -2.91. The van der Waals surface area contributed by atoms with Crippen molar-refractivity contribution in [2.75, 3.05) is 0 Å². The summed E-state index contributed by atoms with van der Waals surface area (Å²) in [4.78, 5) is 5.93. The first kappa shape index (κ1) is 17.5. The standard InChI is InChI=1S/C24H22N2S/c1-18-13-14-19(2)22(15-18)23-17-27-24(25-21-11-7-4-8-12-21)26(23)16-20-9-5-3-6-10-20/h3-15,17H,16H2,1-2H3. The number of benzene rings is 3. The molecule has 0 unspecified atom stereocenters. The minimum absolute atomic E-state index is 0.804. The van der Waals surface area contributed by atoms with Gasteiger partial charge in [0.25, 0.3) is 0 Å². The van der Waals surface area contributed by atoms with Crippen LogP contribution in [-0.4, -0.2) is 4.57 Å². The molecule has 0 saturated carbocycles. The molecule has 0 spiro atoms. The number of aromatic nitrogens is 1. The van der Waals surface area contributed by atoms with Crippen molar-refractivity contribution in [2.24, 2.45) is 4.99 Å². The van der Waals surface area contributed by atoms with Gasteiger partial charge in [0.05, 0.1) is 17.9 Å². The molecule has 4 rings (SSSR count). The van der Waals surface area contributed by atoms with Crippen LogP contribution in [0, 0.1) is 13.8 Å². The number of rotatable bonds is 4. The lowest BCUT2D eigenvalue weighted by Crippen LogP contribution is -2.17. The molecule has 0 aliphatic heterocycles. The van der Waals surface area contributed by atoms with Crippen molar-refractivity contribution < 1.29 is 0 Å². The van der Waals surface area contributed by atoms with E-state index in [2.05, 4.69) is 72.3 Å². The van der Waals surface area contributed by atoms with Gasteiger partial charge in [0, 0.05) is 10.9 Å². The zero-order valence-corrected chi connectivity index (χ0v) is 16.4. The zero-order chi connectivity index (χ0) is 18.6. The maximum absolute atomic E-state index is 4.92. The van der Waals surface area contributed by atoms with Gasteiger partial charge in [-0.3, -0.25) is 0 Å². The van der Waals surface area contributed by atoms with Crippen LogP contribution in [0.25, 0.3) is 11.3 Å². The summed E-state index contributed by atoms with van der Waals surface area (Å²) in [6.45, 7) is 5.12. The van der Waals surface area contributed by atoms with Crippen molar-refractivity contribution in [3.63, 3.8) is 0 Å². The second kappa shape index (κ2) is 7.77. The first-order chi connectivity index (χ1) is 13.2. The quantitative estimate of drug-likeness (QED) is 0.412. The summed E-state index contributed by atoms with van der Waals surface area (Å²) >= 11 is 1.70. The van der Waals surface area contributed by atoms with Crippen molar-refractivity contribution >= 4 is 17.0 Å². The molecule has 4 aromatic rings. The molecule has 1 aromatic heterocycles. The first-order valence-corrected chi connectivity index (χ1v) is 9.98. The molecule has 0 saturated heterocycles. The van der Waals surface area contributed by atoms with Gasteiger partial charge >= 0.3 is 0 Å². The van der Waals surface area contributed by atoms with E-state index in [-0.39, 0.29) is 0 Å². The fourth-order valence-electron chi connectivity index (χ4n) is 3.18. The highest BCUT2D eigenvalue weighted by atomic mass is 32.1. The van der Waals surface area contributed by atoms with Crippen molar-refractivity contribution in [3.05, 3.63) is 106 Å². The van der Waals surface area contributed by atoms with Crippen LogP contribution in [0.3, 0.4) is 0 Å². The second-order valence-corrected chi connectivity index (χ2v) is 7.58. The summed E-state index contributed by atoms with van der Waals surface area (Å²) in [5, 5.41) is 2.23. The summed E-state index contributed by atoms with van der Waals surface area (Å²) in [5.41, 5.74) is 7.31. The predicted molar refractivity (Wildman–Crippen MR) is 114 cm³/mol. The van der Waals surface area contributed by atoms with Crippen LogP contribution in [0.4, 0.5) is 5.69 Å². The van der Waals surface area contributed by atoms with Crippen LogP contribution in [-0.2, 0) is 6.54 Å². The average molecular weight is 371 g/mol. The van der Waals surface area contributed by atoms with E-state index in [0.29, 0.717) is 0 Å². The van der Waals surface area contributed by atoms with E-state index in [1.807, 2.05) is 30.3 Å². The molecule has 27 heavy (non-hydrogen) atoms. The fourth-order valence-corrected chi connectivity index (χ4v) is 4.10. The third-order valence-corrected chi connectivity index (χ3v) is 5.49. The summed E-state index contributed by atoms with van der Waals surface area (Å²) in [5.74, 6) is 0. The number of aryl methyl sites for hydroxylation is 2. The van der Waals surface area contributed by atoms with E-state index >= 15 is 0 Å². The highest BCUT2D eigenvalue weighted by Gasteiger charge is 2.11. The Morgan fingerprint density at radius 2 is 1.56 bits per heavy atom. The number of nitrogens with zero attached hydrogens (tertiary/aromatic N) is 2. The Morgan fingerprint density at radius 3 is 2.30 bits per heavy atom. The lowest BCUT2D eigenvalue weighted by Gasteiger charge is -2.12. The Labute approximate surface area is 164 Å². The molecule has 3 aromatic carbocycles. The normalized spacial score (nSPS) is 11.7. The third kappa shape index (κ3) is 3.93. The predicted octanol–water partition coefficient (Wildman–Crippen LogP) is 6.11. The van der Waals surface area contributed by atoms with Gasteiger partial charge in [-0.05, 0) is 43.2 Å². The minimum atomic E-state index is 0.804. The van der Waals surface area contributed by atoms with Gasteiger partial charge in [0.2, 0.25) is 0 Å². The van der Waals surface area contributed by atoms with E-state index in [9.17, 15) is 0 Å². The van der Waals surface area contributed by atoms with Crippen LogP contribution in [0.1, 0.15) is 16.7 Å². The van der Waals surface area contributed by atoms with Crippen LogP contribution >= 0.6 is 11.3 Å². The van der Waals surface area contributed by atoms with E-state index in [1.54, 1.807) is 11.3 Å². The maximum Gasteiger partial charge on any atom is 0.190 e. The second-order valence-electron chi connectivity index (χ2n) is 6.74. The van der Waals surface area contributed by atoms with Crippen molar-refractivity contribution in [1.82, 2.24) is 4.57 Å². The molecule has 0 bridgehead atoms. The van der Waals surface area contributed by atoms with Crippen LogP contribution in [0.15, 0.2) is 89.2 Å². The molecule has 1 heterocycles. The summed E-state index contributed by atoms with van der Waals surface area (Å²) in [6.07, 6.45) is 0. The number of hydrogen-bond acceptors (Lipinski definition) is 2. The first-order valence-electron chi connectivity index (χ1n) is 9.10. The average Bonchev–Trinajstić information content (AvgIpc) is 3.07. The maximum atomic E-state index is 4.92. The summed E-state index contributed by atoms with van der Waals surface area (Å²) < 4.78 is 2.33. The fraction of sp³-hybridized carbons (Fsp3) is 0.125. The lowest BCUT2D eigenvalue weighted by atomic mass is 10.0. The highest BCUT2D eigenvalue weighted by molar-refractivity contribution is 7.07. The lowest BCUT2D eigenvalue weighted by molar-refractivity contribution is 0.777. The van der Waals surface area contributed by atoms with E-state index in [1.165, 1.54) is 27.9 Å². The monoisotopic (exact) mass is 370 g/mol. The molecule has 0 amide bonds. The molecule has 0 fully saturated rings. The van der Waals surface area contributed by atoms with Crippen molar-refractivity contribution in [1.29, 1.82) is 0 Å². The van der Waals surface area contributed by atoms with Gasteiger partial charge in [-0.2, -0.15) is 0 Å². The van der Waals surface area contributed by atoms with Crippen molar-refractivity contribution in [3.8, 4) is 11.3 Å². The molecule has 0 radical (unpaired) electrons. The molecule has 3 heteroatoms. The Kier molecular flexibility index (Phi) is 5.03. The molecule has 0 aliphatic carbocycles. The number of thiazole rings is 1. The summed E-state index contributed by atoms with van der Waals surface area (Å²) in [6, 6.07) is 27.4. The topological polar surface area (TPSA) is 17.3 Å². The molecule has 134 valence electrons. The van der Waals surface area contributed by atoms with Crippen LogP contribution < -0.4 is 4.80 Å². The molecule has 2 nitrogen and oxygen atoms in total. The van der Waals surface area contributed by atoms with Crippen molar-refractivity contribution in [2.45, 2.75) is 20.4 Å². The van der Waals surface area contributed by atoms with Gasteiger partial charge in [0.1, 0.15) is 0 Å². The van der Waals surface area contributed by atoms with Gasteiger partial charge in [-0.1, -0.05) is 66.2 Å². The molecule has 0 N–H and O–H groups in total. The van der Waals surface area contributed by atoms with Gasteiger partial charge in [-0.15, -0.1) is 11.3 Å². The molecule has 0 aliphatic rings. The zero-order valence-electron chi connectivity index (χ0n) is 15.6. The molecular formula is C24H22N2S. The van der Waals surface area contributed by atoms with Gasteiger partial charge in [-0.25, -0.2) is 4.99 Å².